The average molecular weight is 247 g/mol. The van der Waals surface area contributed by atoms with E-state index in [1.165, 1.54) is 12.1 Å². The van der Waals surface area contributed by atoms with Crippen molar-refractivity contribution >= 4 is 22.9 Å². The number of aromatic nitrogens is 1. The number of aromatic amines is 1. The minimum absolute atomic E-state index is 0.300. The van der Waals surface area contributed by atoms with Crippen LogP contribution in [0.1, 0.15) is 19.4 Å². The monoisotopic (exact) mass is 247 g/mol. The summed E-state index contributed by atoms with van der Waals surface area (Å²) in [7, 11) is 0. The predicted molar refractivity (Wildman–Crippen MR) is 68.5 cm³/mol. The molecule has 0 radical (unpaired) electrons. The van der Waals surface area contributed by atoms with Crippen LogP contribution in [-0.2, 0) is 9.53 Å². The number of hydrogen-bond acceptors (Lipinski definition) is 2. The van der Waals surface area contributed by atoms with Gasteiger partial charge in [0.2, 0.25) is 0 Å². The number of nitrogens with one attached hydrogen (secondary N) is 1. The molecule has 4 heteroatoms. The molecule has 0 fully saturated rings. The second-order valence-corrected chi connectivity index (χ2v) is 3.98. The first kappa shape index (κ1) is 12.4. The number of benzene rings is 1. The van der Waals surface area contributed by atoms with Crippen LogP contribution in [0.5, 0.6) is 0 Å². The molecule has 0 unspecified atom stereocenters. The summed E-state index contributed by atoms with van der Waals surface area (Å²) in [5, 5.41) is 0.749. The van der Waals surface area contributed by atoms with Crippen molar-refractivity contribution in [1.82, 2.24) is 4.98 Å². The van der Waals surface area contributed by atoms with Gasteiger partial charge in [0.1, 0.15) is 5.82 Å². The van der Waals surface area contributed by atoms with Crippen LogP contribution in [-0.4, -0.2) is 17.6 Å². The molecular weight excluding hydrogens is 233 g/mol. The van der Waals surface area contributed by atoms with Gasteiger partial charge in [-0.1, -0.05) is 0 Å². The Balaban J connectivity index is 2.39. The Morgan fingerprint density at radius 1 is 1.50 bits per heavy atom. The molecule has 0 aliphatic rings. The maximum Gasteiger partial charge on any atom is 0.333 e. The highest BCUT2D eigenvalue weighted by Crippen LogP contribution is 2.21. The number of carbonyl (C=O) groups excluding carboxylic acids is 1. The van der Waals surface area contributed by atoms with E-state index in [-0.39, 0.29) is 11.8 Å². The first-order chi connectivity index (χ1) is 8.61. The molecule has 2 aromatic rings. The van der Waals surface area contributed by atoms with E-state index in [2.05, 4.69) is 4.98 Å². The van der Waals surface area contributed by atoms with E-state index in [9.17, 15) is 9.18 Å². The largest absolute Gasteiger partial charge is 0.463 e. The fourth-order valence-electron chi connectivity index (χ4n) is 1.77. The van der Waals surface area contributed by atoms with Gasteiger partial charge in [-0.15, -0.1) is 0 Å². The lowest BCUT2D eigenvalue weighted by Gasteiger charge is -2.01. The van der Waals surface area contributed by atoms with Crippen LogP contribution in [0.15, 0.2) is 30.0 Å². The minimum Gasteiger partial charge on any atom is -0.463 e. The van der Waals surface area contributed by atoms with Crippen molar-refractivity contribution < 1.29 is 13.9 Å². The SMILES string of the molecule is CCOC(=O)C(C)=Cc1c[nH]c2ccc(F)cc12. The van der Waals surface area contributed by atoms with E-state index < -0.39 is 0 Å². The van der Waals surface area contributed by atoms with Crippen LogP contribution >= 0.6 is 0 Å². The van der Waals surface area contributed by atoms with Crippen molar-refractivity contribution in [2.45, 2.75) is 13.8 Å². The lowest BCUT2D eigenvalue weighted by molar-refractivity contribution is -0.138. The van der Waals surface area contributed by atoms with Crippen molar-refractivity contribution in [2.75, 3.05) is 6.61 Å². The summed E-state index contributed by atoms with van der Waals surface area (Å²) in [5.74, 6) is -0.659. The second kappa shape index (κ2) is 5.04. The maximum atomic E-state index is 13.2. The number of ether oxygens (including phenoxy) is 1. The zero-order chi connectivity index (χ0) is 13.1. The number of esters is 1. The first-order valence-corrected chi connectivity index (χ1v) is 5.74. The first-order valence-electron chi connectivity index (χ1n) is 5.74. The van der Waals surface area contributed by atoms with Crippen molar-refractivity contribution in [3.8, 4) is 0 Å². The smallest absolute Gasteiger partial charge is 0.333 e. The normalized spacial score (nSPS) is 11.8. The summed E-state index contributed by atoms with van der Waals surface area (Å²) < 4.78 is 18.1. The van der Waals surface area contributed by atoms with Crippen molar-refractivity contribution in [3.63, 3.8) is 0 Å². The second-order valence-electron chi connectivity index (χ2n) is 3.98. The summed E-state index contributed by atoms with van der Waals surface area (Å²) in [4.78, 5) is 14.5. The summed E-state index contributed by atoms with van der Waals surface area (Å²) in [6, 6.07) is 4.50. The predicted octanol–water partition coefficient (Wildman–Crippen LogP) is 3.27. The molecule has 0 aliphatic carbocycles. The number of carbonyl (C=O) groups is 1. The van der Waals surface area contributed by atoms with Gasteiger partial charge in [-0.05, 0) is 38.1 Å². The summed E-state index contributed by atoms with van der Waals surface area (Å²) in [6.45, 7) is 3.77. The number of H-pyrrole nitrogens is 1. The van der Waals surface area contributed by atoms with E-state index in [4.69, 9.17) is 4.74 Å². The lowest BCUT2D eigenvalue weighted by Crippen LogP contribution is -2.04. The van der Waals surface area contributed by atoms with Gasteiger partial charge in [0.25, 0.3) is 0 Å². The van der Waals surface area contributed by atoms with Gasteiger partial charge < -0.3 is 9.72 Å². The van der Waals surface area contributed by atoms with E-state index in [0.717, 1.165) is 16.5 Å². The molecule has 18 heavy (non-hydrogen) atoms. The van der Waals surface area contributed by atoms with Crippen molar-refractivity contribution in [3.05, 3.63) is 41.3 Å². The molecule has 1 aromatic carbocycles. The number of fused-ring (bicyclic) bond motifs is 1. The van der Waals surface area contributed by atoms with Gasteiger partial charge in [0.05, 0.1) is 6.61 Å². The molecule has 1 aromatic heterocycles. The van der Waals surface area contributed by atoms with Gasteiger partial charge in [-0.3, -0.25) is 0 Å². The molecule has 0 aliphatic heterocycles. The number of hydrogen-bond donors (Lipinski definition) is 1. The lowest BCUT2D eigenvalue weighted by atomic mass is 10.1. The molecule has 1 heterocycles. The Labute approximate surface area is 104 Å². The molecule has 94 valence electrons. The Morgan fingerprint density at radius 3 is 3.00 bits per heavy atom. The fourth-order valence-corrected chi connectivity index (χ4v) is 1.77. The van der Waals surface area contributed by atoms with E-state index >= 15 is 0 Å². The fraction of sp³-hybridized carbons (Fsp3) is 0.214. The number of halogens is 1. The van der Waals surface area contributed by atoms with E-state index in [0.29, 0.717) is 12.2 Å². The molecule has 0 atom stereocenters. The molecule has 1 N–H and O–H groups in total. The molecule has 0 amide bonds. The van der Waals surface area contributed by atoms with Crippen LogP contribution in [0.25, 0.3) is 17.0 Å². The van der Waals surface area contributed by atoms with Crippen molar-refractivity contribution in [2.24, 2.45) is 0 Å². The van der Waals surface area contributed by atoms with Gasteiger partial charge in [-0.25, -0.2) is 9.18 Å². The summed E-state index contributed by atoms with van der Waals surface area (Å²) >= 11 is 0. The Bertz CT molecular complexity index is 613. The molecule has 3 nitrogen and oxygen atoms in total. The zero-order valence-corrected chi connectivity index (χ0v) is 10.3. The molecule has 0 saturated heterocycles. The minimum atomic E-state index is -0.358. The van der Waals surface area contributed by atoms with Crippen LogP contribution in [0, 0.1) is 5.82 Å². The number of rotatable bonds is 3. The van der Waals surface area contributed by atoms with Gasteiger partial charge >= 0.3 is 5.97 Å². The highest BCUT2D eigenvalue weighted by atomic mass is 19.1. The molecule has 0 bridgehead atoms. The standard InChI is InChI=1S/C14H14FNO2/c1-3-18-14(17)9(2)6-10-8-16-13-5-4-11(15)7-12(10)13/h4-8,16H,3H2,1-2H3. The van der Waals surface area contributed by atoms with Crippen molar-refractivity contribution in [1.29, 1.82) is 0 Å². The maximum absolute atomic E-state index is 13.2. The summed E-state index contributed by atoms with van der Waals surface area (Å²) in [5.41, 5.74) is 2.09. The third-order valence-electron chi connectivity index (χ3n) is 2.65. The Kier molecular flexibility index (Phi) is 3.46. The quantitative estimate of drug-likeness (QED) is 0.668. The topological polar surface area (TPSA) is 42.1 Å². The highest BCUT2D eigenvalue weighted by molar-refractivity contribution is 5.97. The summed E-state index contributed by atoms with van der Waals surface area (Å²) in [6.07, 6.45) is 3.43. The van der Waals surface area contributed by atoms with Crippen LogP contribution in [0.4, 0.5) is 4.39 Å². The third kappa shape index (κ3) is 2.42. The van der Waals surface area contributed by atoms with Gasteiger partial charge in [0, 0.05) is 28.2 Å². The molecule has 0 saturated carbocycles. The van der Waals surface area contributed by atoms with Gasteiger partial charge in [-0.2, -0.15) is 0 Å². The molecule has 2 rings (SSSR count). The highest BCUT2D eigenvalue weighted by Gasteiger charge is 2.07. The van der Waals surface area contributed by atoms with Gasteiger partial charge in [0.15, 0.2) is 0 Å². The van der Waals surface area contributed by atoms with Crippen LogP contribution < -0.4 is 0 Å². The Morgan fingerprint density at radius 2 is 2.28 bits per heavy atom. The van der Waals surface area contributed by atoms with Crippen LogP contribution in [0.2, 0.25) is 0 Å². The average Bonchev–Trinajstić information content (AvgIpc) is 2.72. The Hall–Kier alpha value is -2.10. The molecule has 0 spiro atoms. The van der Waals surface area contributed by atoms with E-state index in [1.54, 1.807) is 32.2 Å². The zero-order valence-electron chi connectivity index (χ0n) is 10.3. The van der Waals surface area contributed by atoms with E-state index in [1.807, 2.05) is 0 Å². The molecular formula is C14H14FNO2. The third-order valence-corrected chi connectivity index (χ3v) is 2.65. The van der Waals surface area contributed by atoms with Crippen LogP contribution in [0.3, 0.4) is 0 Å².